The van der Waals surface area contributed by atoms with Crippen molar-refractivity contribution in [1.29, 1.82) is 10.5 Å². The lowest BCUT2D eigenvalue weighted by Crippen LogP contribution is -2.36. The number of methoxy groups -OCH3 is 1. The van der Waals surface area contributed by atoms with Gasteiger partial charge in [0.2, 0.25) is 0 Å². The van der Waals surface area contributed by atoms with Gasteiger partial charge in [-0.25, -0.2) is 4.98 Å². The smallest absolute Gasteiger partial charge is 0.144 e. The highest BCUT2D eigenvalue weighted by Gasteiger charge is 2.24. The van der Waals surface area contributed by atoms with Crippen molar-refractivity contribution in [1.82, 2.24) is 9.55 Å². The van der Waals surface area contributed by atoms with Crippen LogP contribution in [-0.2, 0) is 16.2 Å². The summed E-state index contributed by atoms with van der Waals surface area (Å²) in [6.07, 6.45) is 3.59. The molecule has 28 heavy (non-hydrogen) atoms. The number of nitrogens with zero attached hydrogens (tertiary/aromatic N) is 5. The monoisotopic (exact) mass is 373 g/mol. The molecule has 1 aliphatic rings. The lowest BCUT2D eigenvalue weighted by Gasteiger charge is -2.30. The zero-order valence-electron chi connectivity index (χ0n) is 15.6. The molecule has 2 aromatic heterocycles. The highest BCUT2D eigenvalue weighted by Crippen LogP contribution is 2.39. The molecule has 1 fully saturated rings. The molecule has 3 aromatic rings. The molecule has 4 rings (SSSR count). The summed E-state index contributed by atoms with van der Waals surface area (Å²) in [6.45, 7) is 3.00. The van der Waals surface area contributed by atoms with Gasteiger partial charge in [0, 0.05) is 38.2 Å². The molecule has 1 saturated heterocycles. The second kappa shape index (κ2) is 7.69. The summed E-state index contributed by atoms with van der Waals surface area (Å²) in [5, 5.41) is 19.9. The van der Waals surface area contributed by atoms with E-state index in [4.69, 9.17) is 9.47 Å². The Balaban J connectivity index is 2.03. The number of hydrogen-bond donors (Lipinski definition) is 0. The van der Waals surface area contributed by atoms with Crippen molar-refractivity contribution in [3.8, 4) is 23.3 Å². The van der Waals surface area contributed by atoms with Crippen molar-refractivity contribution in [3.63, 3.8) is 0 Å². The van der Waals surface area contributed by atoms with Gasteiger partial charge in [0.1, 0.15) is 18.4 Å². The third-order valence-corrected chi connectivity index (χ3v) is 4.88. The summed E-state index contributed by atoms with van der Waals surface area (Å²) in [5.41, 5.74) is 4.56. The number of ether oxygens (including phenoxy) is 2. The van der Waals surface area contributed by atoms with E-state index in [1.807, 2.05) is 29.0 Å². The van der Waals surface area contributed by atoms with E-state index in [9.17, 15) is 10.5 Å². The quantitative estimate of drug-likeness (QED) is 0.699. The van der Waals surface area contributed by atoms with E-state index in [2.05, 4.69) is 22.0 Å². The molecule has 0 spiro atoms. The average molecular weight is 373 g/mol. The molecule has 0 atom stereocenters. The predicted molar refractivity (Wildman–Crippen MR) is 105 cm³/mol. The minimum absolute atomic E-state index is 0.343. The number of rotatable bonds is 4. The minimum Gasteiger partial charge on any atom is -0.378 e. The molecule has 0 bridgehead atoms. The van der Waals surface area contributed by atoms with Crippen molar-refractivity contribution in [2.45, 2.75) is 6.73 Å². The van der Waals surface area contributed by atoms with E-state index in [-0.39, 0.29) is 0 Å². The summed E-state index contributed by atoms with van der Waals surface area (Å²) >= 11 is 0. The Kier molecular flexibility index (Phi) is 4.94. The first-order chi connectivity index (χ1) is 13.8. The maximum absolute atomic E-state index is 9.74. The Bertz CT molecular complexity index is 1100. The van der Waals surface area contributed by atoms with Gasteiger partial charge in [-0.3, -0.25) is 0 Å². The Labute approximate surface area is 162 Å². The fourth-order valence-electron chi connectivity index (χ4n) is 3.65. The Morgan fingerprint density at radius 1 is 1.21 bits per heavy atom. The van der Waals surface area contributed by atoms with Crippen LogP contribution in [0.15, 0.2) is 36.7 Å². The lowest BCUT2D eigenvalue weighted by molar-refractivity contribution is 0.123. The van der Waals surface area contributed by atoms with Crippen molar-refractivity contribution in [2.24, 2.45) is 0 Å². The number of fused-ring (bicyclic) bond motifs is 1. The fourth-order valence-corrected chi connectivity index (χ4v) is 3.65. The number of hydrogen-bond acceptors (Lipinski definition) is 6. The molecular weight excluding hydrogens is 354 g/mol. The SMILES string of the molecule is COCn1cc(-c2cccc(C#N)c2)c2c(N3CCOCC3)c(C#N)cnc21. The molecule has 0 amide bonds. The van der Waals surface area contributed by atoms with Gasteiger partial charge in [-0.2, -0.15) is 10.5 Å². The van der Waals surface area contributed by atoms with Crippen LogP contribution in [0.5, 0.6) is 0 Å². The summed E-state index contributed by atoms with van der Waals surface area (Å²) in [7, 11) is 1.63. The zero-order chi connectivity index (χ0) is 19.5. The molecule has 1 aromatic carbocycles. The first kappa shape index (κ1) is 18.0. The number of pyridine rings is 1. The van der Waals surface area contributed by atoms with E-state index >= 15 is 0 Å². The maximum atomic E-state index is 9.74. The van der Waals surface area contributed by atoms with Crippen LogP contribution in [0.25, 0.3) is 22.2 Å². The third kappa shape index (κ3) is 3.07. The molecular formula is C21H19N5O2. The van der Waals surface area contributed by atoms with Crippen LogP contribution in [0.2, 0.25) is 0 Å². The van der Waals surface area contributed by atoms with Gasteiger partial charge in [0.25, 0.3) is 0 Å². The third-order valence-electron chi connectivity index (χ3n) is 4.88. The molecule has 3 heterocycles. The molecule has 0 radical (unpaired) electrons. The van der Waals surface area contributed by atoms with Crippen LogP contribution in [0.1, 0.15) is 11.1 Å². The number of anilines is 1. The summed E-state index contributed by atoms with van der Waals surface area (Å²) in [6, 6.07) is 11.9. The van der Waals surface area contributed by atoms with Gasteiger partial charge in [-0.15, -0.1) is 0 Å². The molecule has 7 nitrogen and oxygen atoms in total. The average Bonchev–Trinajstić information content (AvgIpc) is 3.12. The first-order valence-electron chi connectivity index (χ1n) is 9.01. The molecule has 0 unspecified atom stereocenters. The summed E-state index contributed by atoms with van der Waals surface area (Å²) in [4.78, 5) is 6.73. The first-order valence-corrected chi connectivity index (χ1v) is 9.01. The largest absolute Gasteiger partial charge is 0.378 e. The van der Waals surface area contributed by atoms with Crippen LogP contribution in [0.4, 0.5) is 5.69 Å². The van der Waals surface area contributed by atoms with Crippen molar-refractivity contribution < 1.29 is 9.47 Å². The second-order valence-electron chi connectivity index (χ2n) is 6.55. The van der Waals surface area contributed by atoms with Crippen molar-refractivity contribution in [2.75, 3.05) is 38.3 Å². The van der Waals surface area contributed by atoms with Crippen LogP contribution in [-0.4, -0.2) is 43.0 Å². The second-order valence-corrected chi connectivity index (χ2v) is 6.55. The molecule has 0 saturated carbocycles. The van der Waals surface area contributed by atoms with Gasteiger partial charge >= 0.3 is 0 Å². The number of benzene rings is 1. The predicted octanol–water partition coefficient (Wildman–Crippen LogP) is 2.89. The van der Waals surface area contributed by atoms with Gasteiger partial charge < -0.3 is 18.9 Å². The molecule has 7 heteroatoms. The number of morpholine rings is 1. The topological polar surface area (TPSA) is 87.1 Å². The van der Waals surface area contributed by atoms with Crippen LogP contribution in [0.3, 0.4) is 0 Å². The summed E-state index contributed by atoms with van der Waals surface area (Å²) < 4.78 is 12.8. The van der Waals surface area contributed by atoms with Gasteiger partial charge in [0.05, 0.1) is 41.5 Å². The minimum atomic E-state index is 0.343. The Hall–Kier alpha value is -3.39. The maximum Gasteiger partial charge on any atom is 0.144 e. The van der Waals surface area contributed by atoms with E-state index < -0.39 is 0 Å². The normalized spacial score (nSPS) is 14.0. The van der Waals surface area contributed by atoms with Gasteiger partial charge in [-0.05, 0) is 17.7 Å². The molecule has 1 aliphatic heterocycles. The highest BCUT2D eigenvalue weighted by atomic mass is 16.5. The fraction of sp³-hybridized carbons (Fsp3) is 0.286. The summed E-state index contributed by atoms with van der Waals surface area (Å²) in [5.74, 6) is 0. The van der Waals surface area contributed by atoms with E-state index in [0.717, 1.165) is 27.8 Å². The van der Waals surface area contributed by atoms with Crippen LogP contribution >= 0.6 is 0 Å². The molecule has 0 aliphatic carbocycles. The van der Waals surface area contributed by atoms with Crippen LogP contribution < -0.4 is 4.90 Å². The standard InChI is InChI=1S/C21H19N5O2/c1-27-14-26-13-18(16-4-2-3-15(9-16)10-22)19-20(25-5-7-28-8-6-25)17(11-23)12-24-21(19)26/h2-4,9,12-13H,5-8,14H2,1H3. The van der Waals surface area contributed by atoms with E-state index in [1.54, 1.807) is 19.4 Å². The van der Waals surface area contributed by atoms with Crippen molar-refractivity contribution >= 4 is 16.7 Å². The Morgan fingerprint density at radius 3 is 2.75 bits per heavy atom. The van der Waals surface area contributed by atoms with E-state index in [1.165, 1.54) is 0 Å². The van der Waals surface area contributed by atoms with Gasteiger partial charge in [-0.1, -0.05) is 12.1 Å². The molecule has 0 N–H and O–H groups in total. The van der Waals surface area contributed by atoms with E-state index in [0.29, 0.717) is 44.2 Å². The van der Waals surface area contributed by atoms with Gasteiger partial charge in [0.15, 0.2) is 0 Å². The Morgan fingerprint density at radius 2 is 2.04 bits per heavy atom. The lowest BCUT2D eigenvalue weighted by atomic mass is 10.0. The molecule has 140 valence electrons. The zero-order valence-corrected chi connectivity index (χ0v) is 15.6. The highest BCUT2D eigenvalue weighted by molar-refractivity contribution is 6.05. The number of aromatic nitrogens is 2. The number of nitriles is 2. The van der Waals surface area contributed by atoms with Crippen LogP contribution in [0, 0.1) is 22.7 Å². The van der Waals surface area contributed by atoms with Crippen molar-refractivity contribution in [3.05, 3.63) is 47.8 Å².